The van der Waals surface area contributed by atoms with Crippen molar-refractivity contribution in [3.63, 3.8) is 0 Å². The molecule has 3 N–H and O–H groups in total. The van der Waals surface area contributed by atoms with Crippen LogP contribution >= 0.6 is 0 Å². The molecule has 1 aliphatic rings. The molecule has 0 saturated heterocycles. The van der Waals surface area contributed by atoms with Gasteiger partial charge in [0.25, 0.3) is 0 Å². The molecule has 0 fully saturated rings. The number of fused-ring (bicyclic) bond motifs is 1. The standard InChI is InChI=1S/C14H11FN4O/c1-7-18-12-11(8-2-4-9(15)5-3-8)10(6-16)13(17)20-14(12)19-7/h2-5,11H,17H2,1H3,(H,18,19). The first-order valence-electron chi connectivity index (χ1n) is 5.99. The first-order chi connectivity index (χ1) is 9.60. The summed E-state index contributed by atoms with van der Waals surface area (Å²) in [5, 5.41) is 9.30. The summed E-state index contributed by atoms with van der Waals surface area (Å²) < 4.78 is 18.4. The second-order valence-corrected chi connectivity index (χ2v) is 4.52. The minimum absolute atomic E-state index is 0.0285. The van der Waals surface area contributed by atoms with Gasteiger partial charge in [0, 0.05) is 0 Å². The molecule has 5 nitrogen and oxygen atoms in total. The maximum atomic E-state index is 13.1. The van der Waals surface area contributed by atoms with Crippen LogP contribution in [0.4, 0.5) is 4.39 Å². The Balaban J connectivity index is 2.19. The molecule has 20 heavy (non-hydrogen) atoms. The summed E-state index contributed by atoms with van der Waals surface area (Å²) in [7, 11) is 0. The Morgan fingerprint density at radius 3 is 2.75 bits per heavy atom. The first kappa shape index (κ1) is 12.2. The van der Waals surface area contributed by atoms with E-state index in [9.17, 15) is 9.65 Å². The average Bonchev–Trinajstić information content (AvgIpc) is 2.78. The number of nitrogens with two attached hydrogens (primary N) is 1. The number of nitriles is 1. The summed E-state index contributed by atoms with van der Waals surface area (Å²) in [6.07, 6.45) is 0. The number of ether oxygens (including phenoxy) is 1. The fourth-order valence-corrected chi connectivity index (χ4v) is 2.32. The van der Waals surface area contributed by atoms with Gasteiger partial charge in [0.05, 0.1) is 11.6 Å². The van der Waals surface area contributed by atoms with Crippen molar-refractivity contribution in [2.75, 3.05) is 0 Å². The fraction of sp³-hybridized carbons (Fsp3) is 0.143. The van der Waals surface area contributed by atoms with E-state index in [1.54, 1.807) is 19.1 Å². The molecule has 0 spiro atoms. The second-order valence-electron chi connectivity index (χ2n) is 4.52. The summed E-state index contributed by atoms with van der Waals surface area (Å²) in [6.45, 7) is 1.78. The minimum atomic E-state index is -0.425. The third-order valence-corrected chi connectivity index (χ3v) is 3.19. The number of hydrogen-bond donors (Lipinski definition) is 2. The predicted octanol–water partition coefficient (Wildman–Crippen LogP) is 2.08. The number of H-pyrrole nitrogens is 1. The number of nitrogens with one attached hydrogen (secondary N) is 1. The highest BCUT2D eigenvalue weighted by atomic mass is 19.1. The fourth-order valence-electron chi connectivity index (χ4n) is 2.32. The highest BCUT2D eigenvalue weighted by Crippen LogP contribution is 2.40. The van der Waals surface area contributed by atoms with Crippen molar-refractivity contribution in [3.8, 4) is 11.9 Å². The Kier molecular flexibility index (Phi) is 2.68. The number of allylic oxidation sites excluding steroid dienone is 1. The van der Waals surface area contributed by atoms with Gasteiger partial charge in [-0.15, -0.1) is 0 Å². The molecule has 2 heterocycles. The van der Waals surface area contributed by atoms with Crippen molar-refractivity contribution in [2.24, 2.45) is 5.73 Å². The molecule has 6 heteroatoms. The lowest BCUT2D eigenvalue weighted by molar-refractivity contribution is 0.379. The van der Waals surface area contributed by atoms with E-state index in [1.807, 2.05) is 0 Å². The number of aromatic nitrogens is 2. The van der Waals surface area contributed by atoms with Crippen molar-refractivity contribution >= 4 is 0 Å². The number of nitrogens with zero attached hydrogens (tertiary/aromatic N) is 2. The van der Waals surface area contributed by atoms with Crippen LogP contribution in [0.15, 0.2) is 35.7 Å². The van der Waals surface area contributed by atoms with Gasteiger partial charge in [-0.1, -0.05) is 12.1 Å². The molecule has 0 amide bonds. The van der Waals surface area contributed by atoms with E-state index in [-0.39, 0.29) is 17.3 Å². The van der Waals surface area contributed by atoms with Crippen molar-refractivity contribution in [1.82, 2.24) is 9.97 Å². The molecule has 0 bridgehead atoms. The molecule has 1 aromatic heterocycles. The van der Waals surface area contributed by atoms with Crippen LogP contribution in [0, 0.1) is 24.1 Å². The number of imidazole rings is 1. The second kappa shape index (κ2) is 4.38. The number of halogens is 1. The van der Waals surface area contributed by atoms with Gasteiger partial charge in [-0.3, -0.25) is 0 Å². The Hall–Kier alpha value is -2.81. The zero-order valence-electron chi connectivity index (χ0n) is 10.6. The molecule has 0 saturated carbocycles. The van der Waals surface area contributed by atoms with Gasteiger partial charge in [0.1, 0.15) is 23.3 Å². The zero-order chi connectivity index (χ0) is 14.3. The van der Waals surface area contributed by atoms with E-state index >= 15 is 0 Å². The van der Waals surface area contributed by atoms with Crippen LogP contribution in [-0.2, 0) is 0 Å². The third-order valence-electron chi connectivity index (χ3n) is 3.19. The molecule has 1 unspecified atom stereocenters. The van der Waals surface area contributed by atoms with Gasteiger partial charge in [-0.05, 0) is 24.6 Å². The van der Waals surface area contributed by atoms with Gasteiger partial charge in [0.15, 0.2) is 0 Å². The van der Waals surface area contributed by atoms with E-state index in [0.29, 0.717) is 17.4 Å². The number of rotatable bonds is 1. The molecule has 1 atom stereocenters. The third kappa shape index (κ3) is 1.80. The Morgan fingerprint density at radius 2 is 2.10 bits per heavy atom. The van der Waals surface area contributed by atoms with Crippen molar-refractivity contribution in [3.05, 3.63) is 58.6 Å². The summed E-state index contributed by atoms with van der Waals surface area (Å²) in [4.78, 5) is 7.26. The average molecular weight is 270 g/mol. The van der Waals surface area contributed by atoms with Gasteiger partial charge in [-0.2, -0.15) is 10.2 Å². The smallest absolute Gasteiger partial charge is 0.243 e. The van der Waals surface area contributed by atoms with E-state index in [4.69, 9.17) is 10.5 Å². The number of hydrogen-bond acceptors (Lipinski definition) is 4. The largest absolute Gasteiger partial charge is 0.420 e. The van der Waals surface area contributed by atoms with Crippen molar-refractivity contribution in [2.45, 2.75) is 12.8 Å². The summed E-state index contributed by atoms with van der Waals surface area (Å²) in [5.41, 5.74) is 7.46. The van der Waals surface area contributed by atoms with Crippen LogP contribution in [-0.4, -0.2) is 9.97 Å². The van der Waals surface area contributed by atoms with Crippen molar-refractivity contribution < 1.29 is 9.13 Å². The van der Waals surface area contributed by atoms with Crippen LogP contribution in [0.3, 0.4) is 0 Å². The number of benzene rings is 1. The highest BCUT2D eigenvalue weighted by Gasteiger charge is 2.33. The molecule has 2 aromatic rings. The molecular weight excluding hydrogens is 259 g/mol. The predicted molar refractivity (Wildman–Crippen MR) is 69.0 cm³/mol. The number of aryl methyl sites for hydroxylation is 1. The summed E-state index contributed by atoms with van der Waals surface area (Å²) >= 11 is 0. The van der Waals surface area contributed by atoms with Gasteiger partial charge < -0.3 is 15.5 Å². The lowest BCUT2D eigenvalue weighted by atomic mass is 9.88. The van der Waals surface area contributed by atoms with Crippen LogP contribution < -0.4 is 10.5 Å². The maximum absolute atomic E-state index is 13.1. The molecular formula is C14H11FN4O. The first-order valence-corrected chi connectivity index (χ1v) is 5.99. The summed E-state index contributed by atoms with van der Waals surface area (Å²) in [6, 6.07) is 7.99. The van der Waals surface area contributed by atoms with Crippen molar-refractivity contribution in [1.29, 1.82) is 5.26 Å². The number of aromatic amines is 1. The zero-order valence-corrected chi connectivity index (χ0v) is 10.6. The van der Waals surface area contributed by atoms with E-state index < -0.39 is 5.92 Å². The molecule has 1 aromatic carbocycles. The molecule has 0 radical (unpaired) electrons. The topological polar surface area (TPSA) is 87.7 Å². The van der Waals surface area contributed by atoms with Crippen LogP contribution in [0.2, 0.25) is 0 Å². The van der Waals surface area contributed by atoms with Crippen LogP contribution in [0.5, 0.6) is 5.88 Å². The van der Waals surface area contributed by atoms with E-state index in [0.717, 1.165) is 5.56 Å². The van der Waals surface area contributed by atoms with Gasteiger partial charge in [-0.25, -0.2) is 4.39 Å². The van der Waals surface area contributed by atoms with E-state index in [1.165, 1.54) is 12.1 Å². The Morgan fingerprint density at radius 1 is 1.40 bits per heavy atom. The lowest BCUT2D eigenvalue weighted by Crippen LogP contribution is -2.21. The van der Waals surface area contributed by atoms with Gasteiger partial charge >= 0.3 is 0 Å². The molecule has 0 aliphatic carbocycles. The highest BCUT2D eigenvalue weighted by molar-refractivity contribution is 5.51. The van der Waals surface area contributed by atoms with Crippen LogP contribution in [0.1, 0.15) is 23.0 Å². The molecule has 3 rings (SSSR count). The SMILES string of the molecule is Cc1nc2c([nH]1)C(c1ccc(F)cc1)C(C#N)=C(N)O2. The van der Waals surface area contributed by atoms with Gasteiger partial charge in [0.2, 0.25) is 11.8 Å². The summed E-state index contributed by atoms with van der Waals surface area (Å²) in [5.74, 6) is 0.283. The molecule has 100 valence electrons. The normalized spacial score (nSPS) is 17.4. The van der Waals surface area contributed by atoms with Crippen LogP contribution in [0.25, 0.3) is 0 Å². The minimum Gasteiger partial charge on any atom is -0.420 e. The molecule has 1 aliphatic heterocycles. The van der Waals surface area contributed by atoms with E-state index in [2.05, 4.69) is 16.0 Å². The Labute approximate surface area is 114 Å². The maximum Gasteiger partial charge on any atom is 0.243 e. The quantitative estimate of drug-likeness (QED) is 0.830. The monoisotopic (exact) mass is 270 g/mol. The Bertz CT molecular complexity index is 740. The lowest BCUT2D eigenvalue weighted by Gasteiger charge is -2.22.